The van der Waals surface area contributed by atoms with Crippen molar-refractivity contribution in [3.8, 4) is 12.1 Å². The van der Waals surface area contributed by atoms with E-state index in [1.807, 2.05) is 0 Å². The van der Waals surface area contributed by atoms with Gasteiger partial charge in [0, 0.05) is 0 Å². The zero-order valence-corrected chi connectivity index (χ0v) is 29.1. The molecule has 0 heterocycles. The molecule has 0 saturated carbocycles. The maximum atomic E-state index is 16.9. The van der Waals surface area contributed by atoms with Crippen molar-refractivity contribution in [2.45, 2.75) is 13.8 Å². The Balaban J connectivity index is 2.48. The van der Waals surface area contributed by atoms with Crippen LogP contribution in [0.15, 0.2) is 0 Å². The number of hydrogen-bond donors (Lipinski definition) is 0. The van der Waals surface area contributed by atoms with Crippen molar-refractivity contribution in [2.75, 3.05) is 0 Å². The van der Waals surface area contributed by atoms with Crippen molar-refractivity contribution in [1.29, 1.82) is 0 Å². The Morgan fingerprint density at radius 1 is 0.210 bits per heavy atom. The van der Waals surface area contributed by atoms with Gasteiger partial charge in [-0.15, -0.1) is 0 Å². The molecule has 0 fully saturated rings. The Morgan fingerprint density at radius 3 is 0.452 bits per heavy atom. The Kier molecular flexibility index (Phi) is 11.9. The van der Waals surface area contributed by atoms with Gasteiger partial charge in [-0.25, -0.2) is 105 Å². The molecular weight excluding hydrogens is 914 g/mol. The molecule has 0 unspecified atom stereocenters. The van der Waals surface area contributed by atoms with E-state index in [4.69, 9.17) is 0 Å². The molecule has 5 aromatic carbocycles. The number of nitrogens with zero attached hydrogens (tertiary/aromatic N) is 2. The lowest BCUT2D eigenvalue weighted by Crippen LogP contribution is -2.81. The third-order valence-corrected chi connectivity index (χ3v) is 9.47. The normalized spacial score (nSPS) is 11.8. The zero-order chi connectivity index (χ0) is 47.1. The Hall–Kier alpha value is -6.47. The van der Waals surface area contributed by atoms with Crippen LogP contribution >= 0.6 is 0 Å². The van der Waals surface area contributed by atoms with E-state index < -0.39 is 185 Å². The average Bonchev–Trinajstić information content (AvgIpc) is 3.23. The van der Waals surface area contributed by atoms with Gasteiger partial charge in [0.05, 0.1) is 13.8 Å². The van der Waals surface area contributed by atoms with E-state index in [1.165, 1.54) is 0 Å². The third-order valence-electron chi connectivity index (χ3n) is 9.47. The first-order valence-electron chi connectivity index (χ1n) is 15.7. The predicted molar refractivity (Wildman–Crippen MR) is 166 cm³/mol. The lowest BCUT2D eigenvalue weighted by atomic mass is 9.16. The van der Waals surface area contributed by atoms with Crippen LogP contribution in [0.3, 0.4) is 0 Å². The molecule has 0 aliphatic heterocycles. The number of hydrogen-bond acceptors (Lipinski definition) is 0. The summed E-state index contributed by atoms with van der Waals surface area (Å²) in [7, 11) is 0. The monoisotopic (exact) mass is 920 g/mol. The van der Waals surface area contributed by atoms with Gasteiger partial charge in [0.2, 0.25) is 0 Å². The molecule has 0 amide bonds. The van der Waals surface area contributed by atoms with Crippen LogP contribution in [-0.2, 0) is 0 Å². The lowest BCUT2D eigenvalue weighted by molar-refractivity contribution is 0.381. The van der Waals surface area contributed by atoms with Gasteiger partial charge in [-0.2, -0.15) is 0 Å². The highest BCUT2D eigenvalue weighted by Gasteiger charge is 2.64. The fourth-order valence-corrected chi connectivity index (χ4v) is 7.08. The van der Waals surface area contributed by atoms with Gasteiger partial charge >= 0.3 is 12.6 Å². The van der Waals surface area contributed by atoms with Crippen LogP contribution in [0.4, 0.5) is 105 Å². The Bertz CT molecular complexity index is 2510. The Labute approximate surface area is 326 Å². The molecule has 0 aromatic heterocycles. The Morgan fingerprint density at radius 2 is 0.323 bits per heavy atom. The van der Waals surface area contributed by atoms with E-state index in [0.29, 0.717) is 0 Å². The summed E-state index contributed by atoms with van der Waals surface area (Å²) < 4.78 is 377. The molecule has 0 aliphatic rings. The van der Waals surface area contributed by atoms with Crippen molar-refractivity contribution >= 4 is 45.3 Å². The van der Waals surface area contributed by atoms with Gasteiger partial charge in [0.25, 0.3) is 0 Å². The molecule has 2 nitrogen and oxygen atoms in total. The molecule has 28 heteroatoms. The summed E-state index contributed by atoms with van der Waals surface area (Å²) in [4.78, 5) is 0. The van der Waals surface area contributed by atoms with Crippen LogP contribution in [0.1, 0.15) is 13.8 Å². The molecule has 0 saturated heterocycles. The minimum Gasteiger partial charge on any atom is -0.333 e. The minimum absolute atomic E-state index is 0.104. The minimum atomic E-state index is -6.98. The molecule has 62 heavy (non-hydrogen) atoms. The fraction of sp³-hybridized carbons (Fsp3) is 0.0588. The van der Waals surface area contributed by atoms with Gasteiger partial charge in [-0.1, -0.05) is 10.9 Å². The molecule has 0 atom stereocenters. The van der Waals surface area contributed by atoms with Crippen LogP contribution in [-0.4, -0.2) is 12.6 Å². The SMILES string of the molecule is CC#[N+][B-](c1c(F)c(F)c(F)c(F)c1F)(c1c(F)c(F)c(F)c(F)c1F)c1c(F)c(F)c(F)c(F)c1[B-]([N+]#CC)(c1c(F)c(F)c(F)c(F)c1F)c1c(F)c(F)c(F)c(F)c1F. The first kappa shape index (κ1) is 46.6. The quantitative estimate of drug-likeness (QED) is 0.0717. The average molecular weight is 920 g/mol. The van der Waals surface area contributed by atoms with Crippen molar-refractivity contribution in [1.82, 2.24) is 0 Å². The van der Waals surface area contributed by atoms with E-state index in [0.717, 1.165) is 12.1 Å². The van der Waals surface area contributed by atoms with Crippen LogP contribution in [0.2, 0.25) is 0 Å². The highest BCUT2D eigenvalue weighted by atomic mass is 19.2. The van der Waals surface area contributed by atoms with Crippen LogP contribution in [0.25, 0.3) is 9.51 Å². The molecule has 0 aliphatic carbocycles. The highest BCUT2D eigenvalue weighted by molar-refractivity contribution is 7.21. The molecule has 0 bridgehead atoms. The molecular formula is C34H6B2F24N2. The topological polar surface area (TPSA) is 8.72 Å². The van der Waals surface area contributed by atoms with E-state index in [2.05, 4.69) is 9.51 Å². The summed E-state index contributed by atoms with van der Waals surface area (Å²) >= 11 is 0. The number of rotatable bonds is 6. The predicted octanol–water partition coefficient (Wildman–Crippen LogP) is 7.66. The van der Waals surface area contributed by atoms with Crippen molar-refractivity contribution in [3.63, 3.8) is 0 Å². The number of benzene rings is 5. The second kappa shape index (κ2) is 15.8. The van der Waals surface area contributed by atoms with Crippen LogP contribution < -0.4 is 32.8 Å². The summed E-state index contributed by atoms with van der Waals surface area (Å²) in [5.41, 5.74) is -20.8. The van der Waals surface area contributed by atoms with Crippen LogP contribution in [0, 0.1) is 152 Å². The first-order chi connectivity index (χ1) is 28.7. The molecule has 5 aromatic rings. The van der Waals surface area contributed by atoms with E-state index in [9.17, 15) is 17.6 Å². The molecule has 0 N–H and O–H groups in total. The lowest BCUT2D eigenvalue weighted by Gasteiger charge is -2.36. The summed E-state index contributed by atoms with van der Waals surface area (Å²) in [6.07, 6.45) is -14.0. The smallest absolute Gasteiger partial charge is 0.333 e. The standard InChI is InChI=1S/C34H6B2F24N2/c1-3-61-35(7-13(39)23(49)31(57)24(50)14(7)40,8-15(41)25(51)32(58)26(52)16(8)42)5-6(12(38)22(48)21(47)11(5)37)36(62-4-2,9-17(43)27(53)33(59)28(54)18(9)44)10-19(45)29(55)34(60)30(56)20(10)46/h1-2H3. The summed E-state index contributed by atoms with van der Waals surface area (Å²) in [6, 6.07) is 2.23. The second-order valence-electron chi connectivity index (χ2n) is 12.4. The summed E-state index contributed by atoms with van der Waals surface area (Å²) in [5, 5.41) is 0. The maximum absolute atomic E-state index is 16.9. The summed E-state index contributed by atoms with van der Waals surface area (Å²) in [6.45, 7) is 0.208. The van der Waals surface area contributed by atoms with Gasteiger partial charge in [-0.05, 0) is 21.9 Å². The fourth-order valence-electron chi connectivity index (χ4n) is 7.08. The van der Waals surface area contributed by atoms with Gasteiger partial charge in [0.15, 0.2) is 93.6 Å². The van der Waals surface area contributed by atoms with E-state index in [-0.39, 0.29) is 13.8 Å². The van der Waals surface area contributed by atoms with Crippen molar-refractivity contribution in [3.05, 3.63) is 149 Å². The van der Waals surface area contributed by atoms with E-state index >= 15 is 87.8 Å². The molecule has 326 valence electrons. The van der Waals surface area contributed by atoms with Gasteiger partial charge in [-0.3, -0.25) is 0 Å². The van der Waals surface area contributed by atoms with Gasteiger partial charge in [0.1, 0.15) is 58.2 Å². The molecule has 0 radical (unpaired) electrons. The van der Waals surface area contributed by atoms with Crippen molar-refractivity contribution < 1.29 is 105 Å². The molecule has 0 spiro atoms. The maximum Gasteiger partial charge on any atom is 0.490 e. The van der Waals surface area contributed by atoms with Gasteiger partial charge < -0.3 is 9.51 Å². The molecule has 5 rings (SSSR count). The largest absolute Gasteiger partial charge is 0.490 e. The number of halogens is 24. The first-order valence-corrected chi connectivity index (χ1v) is 15.7. The zero-order valence-electron chi connectivity index (χ0n) is 29.1. The van der Waals surface area contributed by atoms with E-state index in [1.54, 1.807) is 0 Å². The highest BCUT2D eigenvalue weighted by Crippen LogP contribution is 2.31. The second-order valence-corrected chi connectivity index (χ2v) is 12.4. The van der Waals surface area contributed by atoms with Crippen LogP contribution in [0.5, 0.6) is 0 Å². The van der Waals surface area contributed by atoms with Crippen molar-refractivity contribution in [2.24, 2.45) is 0 Å². The third kappa shape index (κ3) is 5.95. The summed E-state index contributed by atoms with van der Waals surface area (Å²) in [5.74, 6) is -86.0.